The number of benzene rings is 1. The lowest BCUT2D eigenvalue weighted by molar-refractivity contribution is 0.0685. The number of amides is 2. The summed E-state index contributed by atoms with van der Waals surface area (Å²) in [6.45, 7) is 7.97. The van der Waals surface area contributed by atoms with E-state index in [1.54, 1.807) is 12.1 Å². The van der Waals surface area contributed by atoms with Crippen molar-refractivity contribution in [2.45, 2.75) is 19.9 Å². The van der Waals surface area contributed by atoms with Gasteiger partial charge in [-0.05, 0) is 31.3 Å². The second-order valence-corrected chi connectivity index (χ2v) is 5.16. The number of nitrogens with zero attached hydrogens (tertiary/aromatic N) is 2. The summed E-state index contributed by atoms with van der Waals surface area (Å²) in [6.07, 6.45) is 0. The predicted molar refractivity (Wildman–Crippen MR) is 78.8 cm³/mol. The maximum absolute atomic E-state index is 12.0. The van der Waals surface area contributed by atoms with Crippen molar-refractivity contribution in [3.05, 3.63) is 29.3 Å². The summed E-state index contributed by atoms with van der Waals surface area (Å²) in [5.74, 6) is 0. The molecule has 0 aliphatic carbocycles. The minimum Gasteiger partial charge on any atom is -0.321 e. The van der Waals surface area contributed by atoms with Crippen LogP contribution in [-0.2, 0) is 0 Å². The Hall–Kier alpha value is -1.26. The molecule has 0 aromatic heterocycles. The van der Waals surface area contributed by atoms with E-state index < -0.39 is 0 Å². The molecule has 1 N–H and O–H groups in total. The van der Waals surface area contributed by atoms with E-state index in [1.165, 1.54) is 0 Å². The van der Waals surface area contributed by atoms with Gasteiger partial charge in [0.25, 0.3) is 0 Å². The van der Waals surface area contributed by atoms with Crippen LogP contribution in [0.4, 0.5) is 10.5 Å². The number of carbonyl (C=O) groups excluding carboxylic acids is 1. The fourth-order valence-corrected chi connectivity index (χ4v) is 2.55. The van der Waals surface area contributed by atoms with Gasteiger partial charge in [-0.3, -0.25) is 4.90 Å². The molecule has 1 heterocycles. The number of rotatable bonds is 4. The average Bonchev–Trinajstić information content (AvgIpc) is 2.32. The highest BCUT2D eigenvalue weighted by molar-refractivity contribution is 6.30. The second-order valence-electron chi connectivity index (χ2n) is 4.72. The largest absolute Gasteiger partial charge is 0.321 e. The summed E-state index contributed by atoms with van der Waals surface area (Å²) in [7, 11) is 0. The van der Waals surface area contributed by atoms with Crippen LogP contribution in [0.15, 0.2) is 24.3 Å². The van der Waals surface area contributed by atoms with Crippen molar-refractivity contribution in [2.75, 3.05) is 31.5 Å². The molecule has 1 aromatic carbocycles. The van der Waals surface area contributed by atoms with Gasteiger partial charge in [0.05, 0.1) is 0 Å². The van der Waals surface area contributed by atoms with Gasteiger partial charge in [0.1, 0.15) is 0 Å². The Morgan fingerprint density at radius 3 is 2.68 bits per heavy atom. The number of nitrogens with one attached hydrogen (secondary N) is 1. The van der Waals surface area contributed by atoms with E-state index in [0.29, 0.717) is 11.1 Å². The van der Waals surface area contributed by atoms with E-state index >= 15 is 0 Å². The Labute approximate surface area is 119 Å². The molecule has 4 nitrogen and oxygen atoms in total. The van der Waals surface area contributed by atoms with Crippen molar-refractivity contribution in [1.82, 2.24) is 9.80 Å². The Balaban J connectivity index is 1.83. The van der Waals surface area contributed by atoms with Gasteiger partial charge in [-0.2, -0.15) is 0 Å². The molecule has 2 rings (SSSR count). The Bertz CT molecular complexity index is 442. The number of anilines is 1. The minimum absolute atomic E-state index is 0.0503. The van der Waals surface area contributed by atoms with Crippen LogP contribution in [0.5, 0.6) is 0 Å². The smallest absolute Gasteiger partial charge is 0.321 e. The van der Waals surface area contributed by atoms with Crippen molar-refractivity contribution >= 4 is 23.3 Å². The van der Waals surface area contributed by atoms with Gasteiger partial charge in [0.15, 0.2) is 0 Å². The lowest BCUT2D eigenvalue weighted by Crippen LogP contribution is -2.61. The number of halogens is 1. The van der Waals surface area contributed by atoms with Crippen LogP contribution in [0.3, 0.4) is 0 Å². The molecule has 0 saturated carbocycles. The highest BCUT2D eigenvalue weighted by atomic mass is 35.5. The molecule has 0 bridgehead atoms. The van der Waals surface area contributed by atoms with Crippen molar-refractivity contribution in [2.24, 2.45) is 0 Å². The monoisotopic (exact) mass is 281 g/mol. The highest BCUT2D eigenvalue weighted by Crippen LogP contribution is 2.18. The number of likely N-dealkylation sites (N-methyl/N-ethyl adjacent to an activating group) is 1. The molecule has 0 atom stereocenters. The Morgan fingerprint density at radius 2 is 2.11 bits per heavy atom. The maximum Gasteiger partial charge on any atom is 0.321 e. The molecule has 1 fully saturated rings. The standard InChI is InChI=1S/C14H20ClN3O/c1-3-17(4-2)13-9-18(10-13)14(19)16-12-7-5-6-11(15)8-12/h5-8,13H,3-4,9-10H2,1-2H3,(H,16,19). The molecule has 104 valence electrons. The summed E-state index contributed by atoms with van der Waals surface area (Å²) in [5, 5.41) is 3.49. The predicted octanol–water partition coefficient (Wildman–Crippen LogP) is 2.90. The van der Waals surface area contributed by atoms with Gasteiger partial charge in [0, 0.05) is 29.8 Å². The van der Waals surface area contributed by atoms with E-state index in [2.05, 4.69) is 24.1 Å². The van der Waals surface area contributed by atoms with Crippen LogP contribution in [-0.4, -0.2) is 48.1 Å². The quantitative estimate of drug-likeness (QED) is 0.921. The second kappa shape index (κ2) is 6.26. The summed E-state index contributed by atoms with van der Waals surface area (Å²) in [4.78, 5) is 16.2. The highest BCUT2D eigenvalue weighted by Gasteiger charge is 2.33. The third-order valence-electron chi connectivity index (χ3n) is 3.55. The van der Waals surface area contributed by atoms with Crippen molar-refractivity contribution in [3.63, 3.8) is 0 Å². The molecule has 1 aromatic rings. The number of urea groups is 1. The van der Waals surface area contributed by atoms with Crippen molar-refractivity contribution in [1.29, 1.82) is 0 Å². The zero-order chi connectivity index (χ0) is 13.8. The van der Waals surface area contributed by atoms with Crippen LogP contribution in [0.25, 0.3) is 0 Å². The molecule has 0 radical (unpaired) electrons. The van der Waals surface area contributed by atoms with Crippen LogP contribution < -0.4 is 5.32 Å². The van der Waals surface area contributed by atoms with E-state index in [9.17, 15) is 4.79 Å². The summed E-state index contributed by atoms with van der Waals surface area (Å²) < 4.78 is 0. The Morgan fingerprint density at radius 1 is 1.42 bits per heavy atom. The summed E-state index contributed by atoms with van der Waals surface area (Å²) in [6, 6.07) is 7.65. The van der Waals surface area contributed by atoms with Crippen molar-refractivity contribution in [3.8, 4) is 0 Å². The fourth-order valence-electron chi connectivity index (χ4n) is 2.36. The van der Waals surface area contributed by atoms with Gasteiger partial charge < -0.3 is 10.2 Å². The third-order valence-corrected chi connectivity index (χ3v) is 3.79. The SMILES string of the molecule is CCN(CC)C1CN(C(=O)Nc2cccc(Cl)c2)C1. The maximum atomic E-state index is 12.0. The molecule has 0 unspecified atom stereocenters. The number of hydrogen-bond donors (Lipinski definition) is 1. The number of carbonyl (C=O) groups is 1. The molecular weight excluding hydrogens is 262 g/mol. The van der Waals surface area contributed by atoms with Crippen LogP contribution >= 0.6 is 11.6 Å². The number of likely N-dealkylation sites (tertiary alicyclic amines) is 1. The van der Waals surface area contributed by atoms with Crippen LogP contribution in [0.1, 0.15) is 13.8 Å². The molecule has 1 saturated heterocycles. The normalized spacial score (nSPS) is 15.5. The summed E-state index contributed by atoms with van der Waals surface area (Å²) >= 11 is 5.89. The molecule has 0 spiro atoms. The lowest BCUT2D eigenvalue weighted by Gasteiger charge is -2.44. The van der Waals surface area contributed by atoms with Crippen LogP contribution in [0.2, 0.25) is 5.02 Å². The third kappa shape index (κ3) is 3.39. The molecule has 5 heteroatoms. The van der Waals surface area contributed by atoms with E-state index in [-0.39, 0.29) is 6.03 Å². The lowest BCUT2D eigenvalue weighted by atomic mass is 10.1. The zero-order valence-corrected chi connectivity index (χ0v) is 12.2. The van der Waals surface area contributed by atoms with Crippen LogP contribution in [0, 0.1) is 0 Å². The van der Waals surface area contributed by atoms with Gasteiger partial charge in [-0.25, -0.2) is 4.79 Å². The van der Waals surface area contributed by atoms with Gasteiger partial charge in [-0.1, -0.05) is 31.5 Å². The van der Waals surface area contributed by atoms with E-state index in [0.717, 1.165) is 31.9 Å². The molecule has 1 aliphatic heterocycles. The van der Waals surface area contributed by atoms with Gasteiger partial charge in [-0.15, -0.1) is 0 Å². The molecule has 2 amide bonds. The minimum atomic E-state index is -0.0503. The van der Waals surface area contributed by atoms with Gasteiger partial charge >= 0.3 is 6.03 Å². The first-order valence-electron chi connectivity index (χ1n) is 6.69. The molecular formula is C14H20ClN3O. The Kier molecular flexibility index (Phi) is 4.66. The van der Waals surface area contributed by atoms with E-state index in [1.807, 2.05) is 17.0 Å². The van der Waals surface area contributed by atoms with E-state index in [4.69, 9.17) is 11.6 Å². The number of hydrogen-bond acceptors (Lipinski definition) is 2. The topological polar surface area (TPSA) is 35.6 Å². The molecule has 1 aliphatic rings. The van der Waals surface area contributed by atoms with Crippen molar-refractivity contribution < 1.29 is 4.79 Å². The first-order chi connectivity index (χ1) is 9.13. The average molecular weight is 282 g/mol. The summed E-state index contributed by atoms with van der Waals surface area (Å²) in [5.41, 5.74) is 0.740. The zero-order valence-electron chi connectivity index (χ0n) is 11.4. The first-order valence-corrected chi connectivity index (χ1v) is 7.07. The molecule has 19 heavy (non-hydrogen) atoms. The first kappa shape index (κ1) is 14.2. The fraction of sp³-hybridized carbons (Fsp3) is 0.500. The van der Waals surface area contributed by atoms with Gasteiger partial charge in [0.2, 0.25) is 0 Å².